The summed E-state index contributed by atoms with van der Waals surface area (Å²) in [5.41, 5.74) is 3.54. The molecule has 1 atom stereocenters. The zero-order chi connectivity index (χ0) is 12.1. The van der Waals surface area contributed by atoms with Gasteiger partial charge >= 0.3 is 0 Å². The molecule has 1 aromatic carbocycles. The first-order valence-electron chi connectivity index (χ1n) is 5.62. The van der Waals surface area contributed by atoms with Crippen molar-refractivity contribution in [3.63, 3.8) is 0 Å². The Labute approximate surface area is 97.3 Å². The van der Waals surface area contributed by atoms with E-state index in [-0.39, 0.29) is 19.3 Å². The summed E-state index contributed by atoms with van der Waals surface area (Å²) < 4.78 is 0. The minimum absolute atomic E-state index is 0.0218. The average Bonchev–Trinajstić information content (AvgIpc) is 2.25. The van der Waals surface area contributed by atoms with E-state index < -0.39 is 0 Å². The molecule has 1 unspecified atom stereocenters. The van der Waals surface area contributed by atoms with Crippen molar-refractivity contribution in [3.8, 4) is 0 Å². The summed E-state index contributed by atoms with van der Waals surface area (Å²) in [5.74, 6) is 0. The largest absolute Gasteiger partial charge is 0.396 e. The number of hydrogen-bond acceptors (Lipinski definition) is 3. The number of aliphatic hydroxyl groups excluding tert-OH is 2. The fraction of sp³-hybridized carbons (Fsp3) is 0.538. The minimum Gasteiger partial charge on any atom is -0.396 e. The third kappa shape index (κ3) is 2.97. The maximum Gasteiger partial charge on any atom is 0.0635 e. The molecular formula is C13H21NO2. The Morgan fingerprint density at radius 3 is 2.44 bits per heavy atom. The van der Waals surface area contributed by atoms with Crippen molar-refractivity contribution in [2.75, 3.05) is 25.2 Å². The first kappa shape index (κ1) is 13.0. The second-order valence-electron chi connectivity index (χ2n) is 4.25. The minimum atomic E-state index is -0.0218. The van der Waals surface area contributed by atoms with Gasteiger partial charge in [0.2, 0.25) is 0 Å². The number of rotatable bonds is 5. The van der Waals surface area contributed by atoms with Gasteiger partial charge in [-0.15, -0.1) is 0 Å². The van der Waals surface area contributed by atoms with E-state index in [1.807, 2.05) is 11.9 Å². The van der Waals surface area contributed by atoms with Gasteiger partial charge in [-0.25, -0.2) is 0 Å². The molecule has 0 aromatic heterocycles. The van der Waals surface area contributed by atoms with Gasteiger partial charge in [-0.05, 0) is 31.9 Å². The maximum absolute atomic E-state index is 9.28. The van der Waals surface area contributed by atoms with E-state index in [9.17, 15) is 5.11 Å². The topological polar surface area (TPSA) is 43.7 Å². The quantitative estimate of drug-likeness (QED) is 0.794. The molecule has 0 aliphatic rings. The lowest BCUT2D eigenvalue weighted by molar-refractivity contribution is 0.218. The molecule has 0 amide bonds. The number of nitrogens with zero attached hydrogens (tertiary/aromatic N) is 1. The number of benzene rings is 1. The van der Waals surface area contributed by atoms with Gasteiger partial charge < -0.3 is 15.1 Å². The summed E-state index contributed by atoms with van der Waals surface area (Å²) in [4.78, 5) is 2.03. The first-order chi connectivity index (χ1) is 7.60. The summed E-state index contributed by atoms with van der Waals surface area (Å²) in [5, 5.41) is 18.2. The molecule has 3 heteroatoms. The second kappa shape index (κ2) is 5.87. The molecule has 0 heterocycles. The Hall–Kier alpha value is -1.06. The highest BCUT2D eigenvalue weighted by Gasteiger charge is 2.15. The third-order valence-electron chi connectivity index (χ3n) is 2.95. The van der Waals surface area contributed by atoms with Crippen LogP contribution in [0.15, 0.2) is 18.2 Å². The zero-order valence-electron chi connectivity index (χ0n) is 10.3. The summed E-state index contributed by atoms with van der Waals surface area (Å²) in [6.45, 7) is 4.28. The third-order valence-corrected chi connectivity index (χ3v) is 2.95. The molecule has 1 aromatic rings. The van der Waals surface area contributed by atoms with Crippen molar-refractivity contribution >= 4 is 5.69 Å². The average molecular weight is 223 g/mol. The van der Waals surface area contributed by atoms with Crippen molar-refractivity contribution < 1.29 is 10.2 Å². The number of hydrogen-bond donors (Lipinski definition) is 2. The molecule has 0 aliphatic heterocycles. The Morgan fingerprint density at radius 1 is 1.25 bits per heavy atom. The normalized spacial score (nSPS) is 12.6. The molecule has 0 saturated heterocycles. The number of aryl methyl sites for hydroxylation is 2. The van der Waals surface area contributed by atoms with E-state index in [1.54, 1.807) is 0 Å². The van der Waals surface area contributed by atoms with Gasteiger partial charge in [-0.2, -0.15) is 0 Å². The monoisotopic (exact) mass is 223 g/mol. The lowest BCUT2D eigenvalue weighted by Gasteiger charge is -2.29. The Balaban J connectivity index is 2.89. The Morgan fingerprint density at radius 2 is 1.94 bits per heavy atom. The Kier molecular flexibility index (Phi) is 4.77. The van der Waals surface area contributed by atoms with Crippen LogP contribution >= 0.6 is 0 Å². The first-order valence-corrected chi connectivity index (χ1v) is 5.62. The van der Waals surface area contributed by atoms with Crippen molar-refractivity contribution in [3.05, 3.63) is 29.3 Å². The van der Waals surface area contributed by atoms with Gasteiger partial charge in [0.1, 0.15) is 0 Å². The molecular weight excluding hydrogens is 202 g/mol. The molecule has 0 aliphatic carbocycles. The van der Waals surface area contributed by atoms with Gasteiger partial charge in [-0.3, -0.25) is 0 Å². The number of anilines is 1. The summed E-state index contributed by atoms with van der Waals surface area (Å²) >= 11 is 0. The smallest absolute Gasteiger partial charge is 0.0635 e. The predicted molar refractivity (Wildman–Crippen MR) is 66.9 cm³/mol. The van der Waals surface area contributed by atoms with Crippen LogP contribution in [0.4, 0.5) is 5.69 Å². The van der Waals surface area contributed by atoms with Gasteiger partial charge in [0.25, 0.3) is 0 Å². The van der Waals surface area contributed by atoms with E-state index in [4.69, 9.17) is 5.11 Å². The number of likely N-dealkylation sites (N-methyl/N-ethyl adjacent to an activating group) is 1. The zero-order valence-corrected chi connectivity index (χ0v) is 10.3. The van der Waals surface area contributed by atoms with Gasteiger partial charge in [-0.1, -0.05) is 17.7 Å². The highest BCUT2D eigenvalue weighted by molar-refractivity contribution is 5.54. The van der Waals surface area contributed by atoms with Crippen LogP contribution in [0.25, 0.3) is 0 Å². The van der Waals surface area contributed by atoms with Crippen molar-refractivity contribution in [2.45, 2.75) is 26.3 Å². The van der Waals surface area contributed by atoms with Crippen molar-refractivity contribution in [1.29, 1.82) is 0 Å². The van der Waals surface area contributed by atoms with Crippen LogP contribution in [0.3, 0.4) is 0 Å². The van der Waals surface area contributed by atoms with Crippen LogP contribution in [-0.4, -0.2) is 36.5 Å². The lowest BCUT2D eigenvalue weighted by Crippen LogP contribution is -2.35. The highest BCUT2D eigenvalue weighted by Crippen LogP contribution is 2.22. The molecule has 1 rings (SSSR count). The molecule has 16 heavy (non-hydrogen) atoms. The predicted octanol–water partition coefficient (Wildman–Crippen LogP) is 1.48. The van der Waals surface area contributed by atoms with Crippen LogP contribution < -0.4 is 4.90 Å². The fourth-order valence-corrected chi connectivity index (χ4v) is 1.95. The summed E-state index contributed by atoms with van der Waals surface area (Å²) in [6, 6.07) is 6.22. The SMILES string of the molecule is Cc1ccc(N(C)C(CO)CCO)c(C)c1. The molecule has 3 nitrogen and oxygen atoms in total. The fourth-order valence-electron chi connectivity index (χ4n) is 1.95. The van der Waals surface area contributed by atoms with Crippen LogP contribution in [-0.2, 0) is 0 Å². The summed E-state index contributed by atoms with van der Waals surface area (Å²) in [7, 11) is 1.95. The molecule has 0 radical (unpaired) electrons. The standard InChI is InChI=1S/C13H21NO2/c1-10-4-5-13(11(2)8-10)14(3)12(9-16)6-7-15/h4-5,8,12,15-16H,6-7,9H2,1-3H3. The van der Waals surface area contributed by atoms with Gasteiger partial charge in [0, 0.05) is 19.3 Å². The molecule has 0 fully saturated rings. The van der Waals surface area contributed by atoms with E-state index >= 15 is 0 Å². The molecule has 2 N–H and O–H groups in total. The molecule has 90 valence electrons. The van der Waals surface area contributed by atoms with Crippen molar-refractivity contribution in [1.82, 2.24) is 0 Å². The van der Waals surface area contributed by atoms with Gasteiger partial charge in [0.15, 0.2) is 0 Å². The van der Waals surface area contributed by atoms with E-state index in [0.717, 1.165) is 5.69 Å². The van der Waals surface area contributed by atoms with Crippen LogP contribution in [0.1, 0.15) is 17.5 Å². The van der Waals surface area contributed by atoms with Crippen molar-refractivity contribution in [2.24, 2.45) is 0 Å². The van der Waals surface area contributed by atoms with E-state index in [2.05, 4.69) is 32.0 Å². The van der Waals surface area contributed by atoms with Crippen LogP contribution in [0.5, 0.6) is 0 Å². The Bertz CT molecular complexity index is 339. The second-order valence-corrected chi connectivity index (χ2v) is 4.25. The highest BCUT2D eigenvalue weighted by atomic mass is 16.3. The van der Waals surface area contributed by atoms with Crippen LogP contribution in [0, 0.1) is 13.8 Å². The van der Waals surface area contributed by atoms with Gasteiger partial charge in [0.05, 0.1) is 12.6 Å². The van der Waals surface area contributed by atoms with E-state index in [0.29, 0.717) is 6.42 Å². The maximum atomic E-state index is 9.28. The van der Waals surface area contributed by atoms with E-state index in [1.165, 1.54) is 11.1 Å². The molecule has 0 spiro atoms. The number of aliphatic hydroxyl groups is 2. The van der Waals surface area contributed by atoms with Crippen LogP contribution in [0.2, 0.25) is 0 Å². The summed E-state index contributed by atoms with van der Waals surface area (Å²) in [6.07, 6.45) is 0.584. The molecule has 0 saturated carbocycles. The molecule has 0 bridgehead atoms. The lowest BCUT2D eigenvalue weighted by atomic mass is 10.1.